The maximum Gasteiger partial charge on any atom is 0.145 e. The summed E-state index contributed by atoms with van der Waals surface area (Å²) < 4.78 is 0. The van der Waals surface area contributed by atoms with E-state index in [9.17, 15) is 0 Å². The summed E-state index contributed by atoms with van der Waals surface area (Å²) in [4.78, 5) is 7.91. The van der Waals surface area contributed by atoms with E-state index in [1.165, 1.54) is 12.7 Å². The van der Waals surface area contributed by atoms with Crippen molar-refractivity contribution < 1.29 is 0 Å². The number of hydrogen-bond acceptors (Lipinski definition) is 4. The van der Waals surface area contributed by atoms with Gasteiger partial charge in [-0.25, -0.2) is 9.97 Å². The molecule has 1 fully saturated rings. The fraction of sp³-hybridized carbons (Fsp3) is 0.444. The number of hydrogen-bond donors (Lipinski definition) is 1. The monoisotopic (exact) mass is 174 g/mol. The number of nitrogen functional groups attached to an aromatic ring is 1. The molecule has 1 aliphatic carbocycles. The van der Waals surface area contributed by atoms with Gasteiger partial charge in [-0.15, -0.1) is 0 Å². The summed E-state index contributed by atoms with van der Waals surface area (Å²) in [5.74, 6) is 0.736. The molecular formula is C9H10N4. The molecule has 0 amide bonds. The molecule has 0 aliphatic heterocycles. The second kappa shape index (κ2) is 3.02. The van der Waals surface area contributed by atoms with E-state index >= 15 is 0 Å². The molecule has 4 nitrogen and oxygen atoms in total. The zero-order valence-electron chi connectivity index (χ0n) is 7.20. The number of rotatable bonds is 1. The van der Waals surface area contributed by atoms with Crippen LogP contribution >= 0.6 is 0 Å². The zero-order chi connectivity index (χ0) is 9.26. The normalized spacial score (nSPS) is 16.2. The van der Waals surface area contributed by atoms with Crippen molar-refractivity contribution in [3.8, 4) is 6.07 Å². The van der Waals surface area contributed by atoms with Gasteiger partial charge < -0.3 is 5.73 Å². The zero-order valence-corrected chi connectivity index (χ0v) is 7.20. The van der Waals surface area contributed by atoms with Crippen LogP contribution in [-0.2, 0) is 0 Å². The standard InChI is InChI=1S/C9H10N4/c10-4-7-8(6-2-1-3-6)12-5-13-9(7)11/h5-6H,1-3H2,(H2,11,12,13). The minimum Gasteiger partial charge on any atom is -0.382 e. The first kappa shape index (κ1) is 7.99. The average molecular weight is 174 g/mol. The molecule has 1 saturated carbocycles. The van der Waals surface area contributed by atoms with Crippen molar-refractivity contribution in [1.29, 1.82) is 5.26 Å². The molecule has 1 heterocycles. The van der Waals surface area contributed by atoms with Crippen molar-refractivity contribution in [3.05, 3.63) is 17.6 Å². The SMILES string of the molecule is N#Cc1c(N)ncnc1C1CCC1. The number of nitrogens with zero attached hydrogens (tertiary/aromatic N) is 3. The molecule has 0 radical (unpaired) electrons. The van der Waals surface area contributed by atoms with Gasteiger partial charge in [0.1, 0.15) is 23.8 Å². The summed E-state index contributed by atoms with van der Waals surface area (Å²) in [6.07, 6.45) is 4.89. The summed E-state index contributed by atoms with van der Waals surface area (Å²) >= 11 is 0. The van der Waals surface area contributed by atoms with Crippen LogP contribution in [0.15, 0.2) is 6.33 Å². The molecule has 2 N–H and O–H groups in total. The van der Waals surface area contributed by atoms with Crippen LogP contribution in [0.5, 0.6) is 0 Å². The van der Waals surface area contributed by atoms with Gasteiger partial charge in [-0.05, 0) is 12.8 Å². The lowest BCUT2D eigenvalue weighted by Gasteiger charge is -2.25. The first-order chi connectivity index (χ1) is 6.33. The lowest BCUT2D eigenvalue weighted by Crippen LogP contribution is -2.14. The number of anilines is 1. The van der Waals surface area contributed by atoms with Gasteiger partial charge in [0.2, 0.25) is 0 Å². The highest BCUT2D eigenvalue weighted by Crippen LogP contribution is 2.37. The van der Waals surface area contributed by atoms with Crippen LogP contribution in [0.1, 0.15) is 36.4 Å². The van der Waals surface area contributed by atoms with Gasteiger partial charge in [-0.3, -0.25) is 0 Å². The molecule has 1 aromatic rings. The first-order valence-corrected chi connectivity index (χ1v) is 4.33. The summed E-state index contributed by atoms with van der Waals surface area (Å²) in [6.45, 7) is 0. The Morgan fingerprint density at radius 2 is 2.23 bits per heavy atom. The minimum absolute atomic E-state index is 0.305. The van der Waals surface area contributed by atoms with Crippen molar-refractivity contribution in [3.63, 3.8) is 0 Å². The van der Waals surface area contributed by atoms with Crippen LogP contribution in [0, 0.1) is 11.3 Å². The molecule has 0 unspecified atom stereocenters. The Kier molecular flexibility index (Phi) is 1.85. The molecule has 1 aliphatic rings. The Labute approximate surface area is 76.4 Å². The van der Waals surface area contributed by atoms with Crippen LogP contribution in [0.2, 0.25) is 0 Å². The average Bonchev–Trinajstić information content (AvgIpc) is 2.01. The molecule has 13 heavy (non-hydrogen) atoms. The van der Waals surface area contributed by atoms with E-state index in [4.69, 9.17) is 11.0 Å². The molecule has 66 valence electrons. The van der Waals surface area contributed by atoms with Crippen LogP contribution in [-0.4, -0.2) is 9.97 Å². The Hall–Kier alpha value is -1.63. The van der Waals surface area contributed by atoms with Gasteiger partial charge in [-0.1, -0.05) is 6.42 Å². The van der Waals surface area contributed by atoms with Crippen molar-refractivity contribution in [2.45, 2.75) is 25.2 Å². The second-order valence-corrected chi connectivity index (χ2v) is 3.26. The Balaban J connectivity index is 2.44. The third kappa shape index (κ3) is 1.22. The van der Waals surface area contributed by atoms with Gasteiger partial charge >= 0.3 is 0 Å². The van der Waals surface area contributed by atoms with E-state index < -0.39 is 0 Å². The molecule has 1 aromatic heterocycles. The first-order valence-electron chi connectivity index (χ1n) is 4.33. The van der Waals surface area contributed by atoms with Crippen molar-refractivity contribution in [2.75, 3.05) is 5.73 Å². The van der Waals surface area contributed by atoms with E-state index in [1.807, 2.05) is 0 Å². The minimum atomic E-state index is 0.305. The Bertz CT molecular complexity index is 362. The highest BCUT2D eigenvalue weighted by atomic mass is 14.9. The van der Waals surface area contributed by atoms with Crippen LogP contribution in [0.4, 0.5) is 5.82 Å². The van der Waals surface area contributed by atoms with Crippen molar-refractivity contribution in [2.24, 2.45) is 0 Å². The lowest BCUT2D eigenvalue weighted by molar-refractivity contribution is 0.410. The third-order valence-electron chi connectivity index (χ3n) is 2.51. The van der Waals surface area contributed by atoms with E-state index in [2.05, 4.69) is 16.0 Å². The smallest absolute Gasteiger partial charge is 0.145 e. The number of nitriles is 1. The Morgan fingerprint density at radius 1 is 1.46 bits per heavy atom. The fourth-order valence-corrected chi connectivity index (χ4v) is 1.52. The highest BCUT2D eigenvalue weighted by Gasteiger charge is 2.24. The van der Waals surface area contributed by atoms with E-state index in [-0.39, 0.29) is 0 Å². The quantitative estimate of drug-likeness (QED) is 0.694. The summed E-state index contributed by atoms with van der Waals surface area (Å²) in [5.41, 5.74) is 6.87. The van der Waals surface area contributed by atoms with Crippen LogP contribution in [0.25, 0.3) is 0 Å². The molecule has 0 bridgehead atoms. The molecule has 0 aromatic carbocycles. The highest BCUT2D eigenvalue weighted by molar-refractivity contribution is 5.51. The molecule has 0 saturated heterocycles. The lowest BCUT2D eigenvalue weighted by atomic mass is 9.81. The third-order valence-corrected chi connectivity index (χ3v) is 2.51. The van der Waals surface area contributed by atoms with Crippen LogP contribution < -0.4 is 5.73 Å². The maximum atomic E-state index is 8.86. The van der Waals surface area contributed by atoms with Gasteiger partial charge in [-0.2, -0.15) is 5.26 Å². The summed E-state index contributed by atoms with van der Waals surface area (Å²) in [7, 11) is 0. The van der Waals surface area contributed by atoms with E-state index in [1.54, 1.807) is 0 Å². The molecule has 0 spiro atoms. The van der Waals surface area contributed by atoms with Gasteiger partial charge in [0, 0.05) is 5.92 Å². The molecule has 4 heteroatoms. The largest absolute Gasteiger partial charge is 0.382 e. The van der Waals surface area contributed by atoms with Gasteiger partial charge in [0.15, 0.2) is 0 Å². The second-order valence-electron chi connectivity index (χ2n) is 3.26. The Morgan fingerprint density at radius 3 is 2.77 bits per heavy atom. The summed E-state index contributed by atoms with van der Waals surface area (Å²) in [5, 5.41) is 8.86. The number of nitrogens with two attached hydrogens (primary N) is 1. The molecule has 0 atom stereocenters. The predicted molar refractivity (Wildman–Crippen MR) is 47.8 cm³/mol. The van der Waals surface area contributed by atoms with Crippen LogP contribution in [0.3, 0.4) is 0 Å². The van der Waals surface area contributed by atoms with Gasteiger partial charge in [0.25, 0.3) is 0 Å². The van der Waals surface area contributed by atoms with Crippen molar-refractivity contribution >= 4 is 5.82 Å². The van der Waals surface area contributed by atoms with Crippen molar-refractivity contribution in [1.82, 2.24) is 9.97 Å². The summed E-state index contributed by atoms with van der Waals surface area (Å²) in [6, 6.07) is 2.06. The molecule has 2 rings (SSSR count). The molecular weight excluding hydrogens is 164 g/mol. The van der Waals surface area contributed by atoms with E-state index in [0.29, 0.717) is 17.3 Å². The maximum absolute atomic E-state index is 8.86. The fourth-order valence-electron chi connectivity index (χ4n) is 1.52. The number of aromatic nitrogens is 2. The predicted octanol–water partition coefficient (Wildman–Crippen LogP) is 1.20. The van der Waals surface area contributed by atoms with Gasteiger partial charge in [0.05, 0.1) is 5.69 Å². The van der Waals surface area contributed by atoms with E-state index in [0.717, 1.165) is 18.5 Å². The topological polar surface area (TPSA) is 75.6 Å².